The number of nitrogen functional groups attached to an aromatic ring is 4. The lowest BCUT2D eigenvalue weighted by Crippen LogP contribution is -2.04. The van der Waals surface area contributed by atoms with Crippen molar-refractivity contribution >= 4 is 67.9 Å². The Kier molecular flexibility index (Phi) is 6.61. The highest BCUT2D eigenvalue weighted by molar-refractivity contribution is 6.00. The Morgan fingerprint density at radius 1 is 0.630 bits per heavy atom. The van der Waals surface area contributed by atoms with Crippen LogP contribution in [0.2, 0.25) is 0 Å². The van der Waals surface area contributed by atoms with Gasteiger partial charge in [-0.15, -0.1) is 0 Å². The molecule has 0 unspecified atom stereocenters. The zero-order chi connectivity index (χ0) is 32.3. The molecule has 0 amide bonds. The van der Waals surface area contributed by atoms with Crippen molar-refractivity contribution in [2.24, 2.45) is 0 Å². The average Bonchev–Trinajstić information content (AvgIpc) is 3.78. The van der Waals surface area contributed by atoms with E-state index in [2.05, 4.69) is 40.1 Å². The van der Waals surface area contributed by atoms with Crippen molar-refractivity contribution in [3.8, 4) is 22.5 Å². The van der Waals surface area contributed by atoms with Crippen LogP contribution in [0.15, 0.2) is 57.9 Å². The summed E-state index contributed by atoms with van der Waals surface area (Å²) >= 11 is 0. The number of oxazole rings is 2. The van der Waals surface area contributed by atoms with E-state index in [1.54, 1.807) is 0 Å². The van der Waals surface area contributed by atoms with Crippen LogP contribution in [-0.2, 0) is 0 Å². The largest absolute Gasteiger partial charge is 0.424 e. The van der Waals surface area contributed by atoms with Crippen LogP contribution in [0.4, 0.5) is 23.7 Å². The van der Waals surface area contributed by atoms with Crippen LogP contribution in [0.1, 0.15) is 39.8 Å². The van der Waals surface area contributed by atoms with Gasteiger partial charge in [-0.2, -0.15) is 20.2 Å². The maximum atomic E-state index is 6.07. The SMILES string of the molecule is CC(C)n1nc(-c2ccc3oc(N)nc3c2)c2c(N)ncnc21.CC(C)n1nc2ncnc(N)c2c1-c1ccc2oc(N)nc2c1. The molecule has 8 aromatic rings. The van der Waals surface area contributed by atoms with Gasteiger partial charge < -0.3 is 31.8 Å². The van der Waals surface area contributed by atoms with Gasteiger partial charge in [-0.05, 0) is 64.1 Å². The summed E-state index contributed by atoms with van der Waals surface area (Å²) in [5.41, 5.74) is 30.6. The predicted molar refractivity (Wildman–Crippen MR) is 175 cm³/mol. The molecule has 2 aromatic carbocycles. The summed E-state index contributed by atoms with van der Waals surface area (Å²) in [6, 6.07) is 11.8. The summed E-state index contributed by atoms with van der Waals surface area (Å²) in [6.07, 6.45) is 2.87. The van der Waals surface area contributed by atoms with Gasteiger partial charge in [-0.1, -0.05) is 0 Å². The first-order valence-electron chi connectivity index (χ1n) is 14.4. The Morgan fingerprint density at radius 2 is 1.20 bits per heavy atom. The Labute approximate surface area is 260 Å². The summed E-state index contributed by atoms with van der Waals surface area (Å²) in [4.78, 5) is 25.1. The second-order valence-corrected chi connectivity index (χ2v) is 11.2. The minimum atomic E-state index is 0.136. The van der Waals surface area contributed by atoms with E-state index in [4.69, 9.17) is 31.8 Å². The van der Waals surface area contributed by atoms with E-state index in [1.165, 1.54) is 12.7 Å². The number of nitrogens with zero attached hydrogens (tertiary/aromatic N) is 10. The number of benzene rings is 2. The fraction of sp³-hybridized carbons (Fsp3) is 0.200. The van der Waals surface area contributed by atoms with Crippen LogP contribution in [-0.4, -0.2) is 49.5 Å². The summed E-state index contributed by atoms with van der Waals surface area (Å²) in [7, 11) is 0. The first kappa shape index (κ1) is 28.5. The number of rotatable bonds is 4. The van der Waals surface area contributed by atoms with E-state index in [0.29, 0.717) is 45.1 Å². The molecular weight excluding hydrogens is 588 g/mol. The van der Waals surface area contributed by atoms with E-state index in [1.807, 2.05) is 73.5 Å². The normalized spacial score (nSPS) is 11.8. The molecule has 16 heteroatoms. The van der Waals surface area contributed by atoms with Gasteiger partial charge in [0.25, 0.3) is 12.0 Å². The highest BCUT2D eigenvalue weighted by Gasteiger charge is 2.21. The minimum Gasteiger partial charge on any atom is -0.424 e. The molecular formula is C30H30N14O2. The zero-order valence-corrected chi connectivity index (χ0v) is 25.4. The number of fused-ring (bicyclic) bond motifs is 4. The molecule has 0 aliphatic heterocycles. The molecule has 0 atom stereocenters. The molecule has 0 spiro atoms. The molecule has 0 aliphatic rings. The van der Waals surface area contributed by atoms with E-state index in [-0.39, 0.29) is 24.1 Å². The van der Waals surface area contributed by atoms with Gasteiger partial charge in [-0.3, -0.25) is 4.68 Å². The van der Waals surface area contributed by atoms with Gasteiger partial charge in [0, 0.05) is 23.2 Å². The molecule has 8 rings (SSSR count). The maximum Gasteiger partial charge on any atom is 0.292 e. The molecule has 0 saturated heterocycles. The van der Waals surface area contributed by atoms with E-state index >= 15 is 0 Å². The number of hydrogen-bond acceptors (Lipinski definition) is 14. The Balaban J connectivity index is 0.000000147. The molecule has 8 N–H and O–H groups in total. The van der Waals surface area contributed by atoms with Crippen LogP contribution in [0.3, 0.4) is 0 Å². The van der Waals surface area contributed by atoms with Crippen molar-refractivity contribution < 1.29 is 8.83 Å². The molecule has 0 radical (unpaired) electrons. The lowest BCUT2D eigenvalue weighted by atomic mass is 10.1. The third kappa shape index (κ3) is 4.72. The van der Waals surface area contributed by atoms with Crippen LogP contribution < -0.4 is 22.9 Å². The van der Waals surface area contributed by atoms with Crippen molar-refractivity contribution in [3.63, 3.8) is 0 Å². The van der Waals surface area contributed by atoms with Gasteiger partial charge in [0.15, 0.2) is 22.5 Å². The molecule has 0 fully saturated rings. The van der Waals surface area contributed by atoms with Crippen molar-refractivity contribution in [3.05, 3.63) is 49.1 Å². The molecule has 0 saturated carbocycles. The second-order valence-electron chi connectivity index (χ2n) is 11.2. The number of hydrogen-bond donors (Lipinski definition) is 4. The van der Waals surface area contributed by atoms with Gasteiger partial charge >= 0.3 is 0 Å². The third-order valence-electron chi connectivity index (χ3n) is 7.38. The van der Waals surface area contributed by atoms with E-state index in [9.17, 15) is 0 Å². The Morgan fingerprint density at radius 3 is 1.83 bits per heavy atom. The molecule has 232 valence electrons. The number of anilines is 4. The van der Waals surface area contributed by atoms with Crippen molar-refractivity contribution in [1.29, 1.82) is 0 Å². The van der Waals surface area contributed by atoms with E-state index < -0.39 is 0 Å². The summed E-state index contributed by atoms with van der Waals surface area (Å²) in [5.74, 6) is 0.799. The van der Waals surface area contributed by atoms with E-state index in [0.717, 1.165) is 33.3 Å². The molecule has 0 aliphatic carbocycles. The number of nitrogens with two attached hydrogens (primary N) is 4. The van der Waals surface area contributed by atoms with Gasteiger partial charge in [-0.25, -0.2) is 24.6 Å². The first-order chi connectivity index (χ1) is 22.1. The highest BCUT2D eigenvalue weighted by Crippen LogP contribution is 2.35. The van der Waals surface area contributed by atoms with Crippen molar-refractivity contribution in [2.75, 3.05) is 22.9 Å². The standard InChI is InChI=1S/2C15H15N7O/c1-7(2)22-12(11-13(16)18-6-19-14(11)21-22)8-3-4-10-9(5-8)20-15(17)23-10;1-7(2)22-14-11(13(16)18-6-19-14)12(21-22)8-3-4-10-9(5-8)20-15(17)23-10/h3-7H,1-2H3,(H2,17,20)(H2,16,18,19,21);3-7H,1-2H3,(H2,17,20)(H2,16,18,19). The third-order valence-corrected chi connectivity index (χ3v) is 7.38. The highest BCUT2D eigenvalue weighted by atomic mass is 16.4. The Hall–Kier alpha value is -6.32. The minimum absolute atomic E-state index is 0.136. The first-order valence-corrected chi connectivity index (χ1v) is 14.4. The van der Waals surface area contributed by atoms with Crippen LogP contribution in [0, 0.1) is 0 Å². The van der Waals surface area contributed by atoms with Gasteiger partial charge in [0.2, 0.25) is 0 Å². The van der Waals surface area contributed by atoms with Crippen molar-refractivity contribution in [1.82, 2.24) is 49.5 Å². The summed E-state index contributed by atoms with van der Waals surface area (Å²) in [5, 5.41) is 10.7. The molecule has 6 aromatic heterocycles. The van der Waals surface area contributed by atoms with Gasteiger partial charge in [0.1, 0.15) is 41.0 Å². The topological polar surface area (TPSA) is 243 Å². The predicted octanol–water partition coefficient (Wildman–Crippen LogP) is 4.76. The van der Waals surface area contributed by atoms with Crippen LogP contribution >= 0.6 is 0 Å². The van der Waals surface area contributed by atoms with Crippen LogP contribution in [0.25, 0.3) is 66.8 Å². The molecule has 6 heterocycles. The lowest BCUT2D eigenvalue weighted by molar-refractivity contribution is 0.542. The monoisotopic (exact) mass is 618 g/mol. The smallest absolute Gasteiger partial charge is 0.292 e. The lowest BCUT2D eigenvalue weighted by Gasteiger charge is -2.11. The summed E-state index contributed by atoms with van der Waals surface area (Å²) in [6.45, 7) is 8.17. The van der Waals surface area contributed by atoms with Crippen LogP contribution in [0.5, 0.6) is 0 Å². The maximum absolute atomic E-state index is 6.07. The quantitative estimate of drug-likeness (QED) is 0.208. The van der Waals surface area contributed by atoms with Gasteiger partial charge in [0.05, 0.1) is 16.5 Å². The average molecular weight is 619 g/mol. The molecule has 46 heavy (non-hydrogen) atoms. The van der Waals surface area contributed by atoms with Crippen molar-refractivity contribution in [2.45, 2.75) is 39.8 Å². The Bertz CT molecular complexity index is 2390. The zero-order valence-electron chi connectivity index (χ0n) is 25.4. The molecule has 16 nitrogen and oxygen atoms in total. The summed E-state index contributed by atoms with van der Waals surface area (Å²) < 4.78 is 14.4. The fourth-order valence-electron chi connectivity index (χ4n) is 5.35. The fourth-order valence-corrected chi connectivity index (χ4v) is 5.35. The number of aromatic nitrogens is 10. The second kappa shape index (κ2) is 10.7. The molecule has 0 bridgehead atoms.